The second-order valence-corrected chi connectivity index (χ2v) is 6.45. The van der Waals surface area contributed by atoms with Crippen LogP contribution in [-0.2, 0) is 13.6 Å². The maximum atomic E-state index is 12.8. The zero-order valence-electron chi connectivity index (χ0n) is 14.7. The molecule has 0 N–H and O–H groups in total. The third-order valence-electron chi connectivity index (χ3n) is 4.62. The summed E-state index contributed by atoms with van der Waals surface area (Å²) < 4.78 is 9.64. The predicted molar refractivity (Wildman–Crippen MR) is 95.8 cm³/mol. The second kappa shape index (κ2) is 7.03. The highest BCUT2D eigenvalue weighted by atomic mass is 16.5. The van der Waals surface area contributed by atoms with Crippen molar-refractivity contribution in [2.75, 3.05) is 13.2 Å². The molecule has 0 saturated carbocycles. The van der Waals surface area contributed by atoms with Crippen LogP contribution in [0.2, 0.25) is 0 Å². The lowest BCUT2D eigenvalue weighted by atomic mass is 10.1. The van der Waals surface area contributed by atoms with Crippen molar-refractivity contribution in [1.29, 1.82) is 0 Å². The molecule has 0 aliphatic carbocycles. The van der Waals surface area contributed by atoms with E-state index in [4.69, 9.17) is 4.74 Å². The summed E-state index contributed by atoms with van der Waals surface area (Å²) in [5.74, 6) is 0.639. The molecule has 1 atom stereocenters. The molecule has 7 nitrogen and oxygen atoms in total. The van der Waals surface area contributed by atoms with Gasteiger partial charge in [0, 0.05) is 50.4 Å². The molecule has 4 heterocycles. The Morgan fingerprint density at radius 3 is 3.00 bits per heavy atom. The first-order chi connectivity index (χ1) is 12.7. The maximum Gasteiger partial charge on any atom is 0.257 e. The number of ether oxygens (including phenoxy) is 1. The van der Waals surface area contributed by atoms with Gasteiger partial charge in [-0.1, -0.05) is 6.07 Å². The summed E-state index contributed by atoms with van der Waals surface area (Å²) in [5, 5.41) is 4.11. The summed E-state index contributed by atoms with van der Waals surface area (Å²) in [4.78, 5) is 18.9. The number of carbonyl (C=O) groups is 1. The quantitative estimate of drug-likeness (QED) is 0.707. The van der Waals surface area contributed by atoms with Gasteiger partial charge in [0.15, 0.2) is 0 Å². The van der Waals surface area contributed by atoms with Gasteiger partial charge in [-0.25, -0.2) is 4.98 Å². The molecule has 0 aromatic carbocycles. The van der Waals surface area contributed by atoms with Crippen LogP contribution in [0.5, 0.6) is 5.88 Å². The number of aromatic nitrogens is 4. The molecule has 1 aliphatic rings. The second-order valence-electron chi connectivity index (χ2n) is 6.45. The van der Waals surface area contributed by atoms with E-state index in [1.165, 1.54) is 0 Å². The lowest BCUT2D eigenvalue weighted by molar-refractivity contribution is 0.0665. The van der Waals surface area contributed by atoms with Crippen LogP contribution >= 0.6 is 0 Å². The lowest BCUT2D eigenvalue weighted by Gasteiger charge is -2.35. The van der Waals surface area contributed by atoms with Crippen LogP contribution in [0.25, 0.3) is 0 Å². The normalized spacial score (nSPS) is 16.3. The van der Waals surface area contributed by atoms with Gasteiger partial charge in [-0.05, 0) is 18.2 Å². The van der Waals surface area contributed by atoms with E-state index in [0.717, 1.165) is 12.1 Å². The van der Waals surface area contributed by atoms with Gasteiger partial charge >= 0.3 is 0 Å². The Morgan fingerprint density at radius 2 is 2.23 bits per heavy atom. The molecule has 0 bridgehead atoms. The first kappa shape index (κ1) is 16.4. The number of aryl methyl sites for hydroxylation is 1. The first-order valence-corrected chi connectivity index (χ1v) is 8.68. The van der Waals surface area contributed by atoms with Gasteiger partial charge < -0.3 is 14.2 Å². The zero-order valence-corrected chi connectivity index (χ0v) is 14.7. The molecule has 7 heteroatoms. The van der Waals surface area contributed by atoms with Gasteiger partial charge in [0.1, 0.15) is 0 Å². The topological polar surface area (TPSA) is 65.2 Å². The fourth-order valence-electron chi connectivity index (χ4n) is 3.35. The molecule has 3 aromatic heterocycles. The molecule has 1 amide bonds. The van der Waals surface area contributed by atoms with E-state index in [1.54, 1.807) is 23.3 Å². The van der Waals surface area contributed by atoms with Crippen molar-refractivity contribution in [3.63, 3.8) is 0 Å². The Balaban J connectivity index is 1.45. The van der Waals surface area contributed by atoms with Crippen molar-refractivity contribution in [2.45, 2.75) is 19.0 Å². The van der Waals surface area contributed by atoms with Crippen molar-refractivity contribution < 1.29 is 9.53 Å². The smallest absolute Gasteiger partial charge is 0.257 e. The average molecular weight is 351 g/mol. The fourth-order valence-corrected chi connectivity index (χ4v) is 3.35. The molecule has 4 rings (SSSR count). The van der Waals surface area contributed by atoms with Crippen molar-refractivity contribution in [3.8, 4) is 5.88 Å². The van der Waals surface area contributed by atoms with Crippen LogP contribution in [0.1, 0.15) is 28.5 Å². The Labute approximate surface area is 151 Å². The molecule has 0 radical (unpaired) electrons. The van der Waals surface area contributed by atoms with E-state index in [0.29, 0.717) is 31.1 Å². The van der Waals surface area contributed by atoms with Gasteiger partial charge in [0.25, 0.3) is 5.91 Å². The summed E-state index contributed by atoms with van der Waals surface area (Å²) in [6.45, 7) is 1.81. The van der Waals surface area contributed by atoms with E-state index >= 15 is 0 Å². The molecule has 3 aromatic rings. The predicted octanol–water partition coefficient (Wildman–Crippen LogP) is 2.28. The molecular formula is C19H21N5O2. The lowest BCUT2D eigenvalue weighted by Crippen LogP contribution is -2.41. The Bertz CT molecular complexity index is 886. The van der Waals surface area contributed by atoms with Crippen molar-refractivity contribution in [3.05, 3.63) is 66.4 Å². The van der Waals surface area contributed by atoms with Gasteiger partial charge in [-0.15, -0.1) is 0 Å². The molecule has 26 heavy (non-hydrogen) atoms. The highest BCUT2D eigenvalue weighted by Crippen LogP contribution is 2.26. The number of rotatable bonds is 5. The highest BCUT2D eigenvalue weighted by molar-refractivity contribution is 5.93. The van der Waals surface area contributed by atoms with E-state index in [-0.39, 0.29) is 11.9 Å². The van der Waals surface area contributed by atoms with Crippen molar-refractivity contribution in [1.82, 2.24) is 24.2 Å². The van der Waals surface area contributed by atoms with Crippen LogP contribution in [0.4, 0.5) is 0 Å². The molecule has 134 valence electrons. The summed E-state index contributed by atoms with van der Waals surface area (Å²) in [7, 11) is 1.82. The van der Waals surface area contributed by atoms with Gasteiger partial charge in [-0.3, -0.25) is 9.48 Å². The van der Waals surface area contributed by atoms with Crippen LogP contribution in [-0.4, -0.2) is 43.3 Å². The molecule has 1 aliphatic heterocycles. The average Bonchev–Trinajstić information content (AvgIpc) is 3.30. The van der Waals surface area contributed by atoms with Crippen LogP contribution in [0, 0.1) is 0 Å². The maximum absolute atomic E-state index is 12.8. The van der Waals surface area contributed by atoms with Crippen molar-refractivity contribution in [2.24, 2.45) is 7.05 Å². The van der Waals surface area contributed by atoms with Crippen molar-refractivity contribution >= 4 is 5.91 Å². The number of hydrogen-bond donors (Lipinski definition) is 0. The summed E-state index contributed by atoms with van der Waals surface area (Å²) in [6.07, 6.45) is 7.97. The molecule has 0 fully saturated rings. The van der Waals surface area contributed by atoms with Crippen LogP contribution in [0.15, 0.2) is 55.1 Å². The first-order valence-electron chi connectivity index (χ1n) is 8.68. The minimum atomic E-state index is 0.0150. The zero-order chi connectivity index (χ0) is 17.9. The SMILES string of the molecule is Cn1cc(C(=O)N2Cc3cccn3[C@H](CCOc3ccccn3)C2)cn1. The van der Waals surface area contributed by atoms with Gasteiger partial charge in [0.2, 0.25) is 5.88 Å². The van der Waals surface area contributed by atoms with Crippen LogP contribution < -0.4 is 4.74 Å². The number of hydrogen-bond acceptors (Lipinski definition) is 4. The molecule has 0 saturated heterocycles. The summed E-state index contributed by atoms with van der Waals surface area (Å²) >= 11 is 0. The number of amides is 1. The number of nitrogens with zero attached hydrogens (tertiary/aromatic N) is 5. The molecule has 0 spiro atoms. The highest BCUT2D eigenvalue weighted by Gasteiger charge is 2.28. The van der Waals surface area contributed by atoms with Gasteiger partial charge in [0.05, 0.1) is 31.0 Å². The van der Waals surface area contributed by atoms with E-state index in [1.807, 2.05) is 36.2 Å². The van der Waals surface area contributed by atoms with E-state index < -0.39 is 0 Å². The molecule has 0 unspecified atom stereocenters. The minimum absolute atomic E-state index is 0.0150. The standard InChI is InChI=1S/C19H21N5O2/c1-22-12-15(11-21-22)19(25)23-13-16-5-4-9-24(16)17(14-23)7-10-26-18-6-2-3-8-20-18/h2-6,8-9,11-12,17H,7,10,13-14H2,1H3/t17-/m1/s1. The third kappa shape index (κ3) is 3.33. The number of carbonyl (C=O) groups excluding carboxylic acids is 1. The summed E-state index contributed by atoms with van der Waals surface area (Å²) in [6, 6.07) is 9.89. The minimum Gasteiger partial charge on any atom is -0.478 e. The Morgan fingerprint density at radius 1 is 1.31 bits per heavy atom. The number of pyridine rings is 1. The molecular weight excluding hydrogens is 330 g/mol. The van der Waals surface area contributed by atoms with Gasteiger partial charge in [-0.2, -0.15) is 5.10 Å². The largest absolute Gasteiger partial charge is 0.478 e. The van der Waals surface area contributed by atoms with E-state index in [9.17, 15) is 4.79 Å². The van der Waals surface area contributed by atoms with Crippen LogP contribution in [0.3, 0.4) is 0 Å². The Kier molecular flexibility index (Phi) is 4.43. The Hall–Kier alpha value is -3.09. The summed E-state index contributed by atoms with van der Waals surface area (Å²) in [5.41, 5.74) is 1.76. The van der Waals surface area contributed by atoms with E-state index in [2.05, 4.69) is 26.9 Å². The monoisotopic (exact) mass is 351 g/mol. The number of fused-ring (bicyclic) bond motifs is 1. The third-order valence-corrected chi connectivity index (χ3v) is 4.62. The fraction of sp³-hybridized carbons (Fsp3) is 0.316.